The molecule has 632 valence electrons. The van der Waals surface area contributed by atoms with Gasteiger partial charge in [-0.05, 0) is 231 Å². The smallest absolute Gasteiger partial charge is 0.410 e. The van der Waals surface area contributed by atoms with Crippen LogP contribution in [0, 0.1) is 22.7 Å². The van der Waals surface area contributed by atoms with E-state index in [1.807, 2.05) is 95.3 Å². The number of amides is 3. The molecule has 8 aromatic heterocycles. The first-order valence-electron chi connectivity index (χ1n) is 37.6. The maximum Gasteiger partial charge on any atom is 0.410 e. The summed E-state index contributed by atoms with van der Waals surface area (Å²) in [6.07, 6.45) is 1.83. The van der Waals surface area contributed by atoms with E-state index in [2.05, 4.69) is 64.6 Å². The molecule has 117 heavy (non-hydrogen) atoms. The van der Waals surface area contributed by atoms with Gasteiger partial charge in [-0.15, -0.1) is 10.2 Å². The number of carbonyl (C=O) groups is 4. The number of nitrogens with one attached hydrogen (secondary N) is 3. The second-order valence-corrected chi connectivity index (χ2v) is 36.3. The van der Waals surface area contributed by atoms with Crippen molar-refractivity contribution in [3.8, 4) is 23.4 Å². The Labute approximate surface area is 683 Å². The van der Waals surface area contributed by atoms with Gasteiger partial charge in [-0.3, -0.25) is 14.8 Å². The van der Waals surface area contributed by atoms with Gasteiger partial charge < -0.3 is 44.5 Å². The van der Waals surface area contributed by atoms with Crippen LogP contribution in [0.1, 0.15) is 190 Å². The summed E-state index contributed by atoms with van der Waals surface area (Å²) < 4.78 is 155. The molecule has 4 fully saturated rings. The van der Waals surface area contributed by atoms with Gasteiger partial charge in [-0.2, -0.15) is 34.8 Å². The number of carboxylic acids is 1. The number of hydrogen-bond donors (Lipinski definition) is 5. The topological polar surface area (TPSA) is 375 Å². The Morgan fingerprint density at radius 3 is 1.34 bits per heavy atom. The number of likely N-dealkylation sites (tertiary alicyclic amines) is 2. The third-order valence-corrected chi connectivity index (χ3v) is 22.8. The van der Waals surface area contributed by atoms with Crippen LogP contribution < -0.4 is 30.0 Å². The SMILES string of the molecule is CC(C)(C)OC(=O)N1C[C@@H](CCC(Nc2cccc(S(=O)(=O)NC(=O)c3ccc(-n4ccc(OCCC5(C(F)(F)F)CC5)n4)nc3Cl)n2)c2ccccn2)CC1(C)C.CC(C)(C)OC(=O)N1C[C@@H](CCC(Nc2cccc(S(N)(=O)=O)n2)c2ccccn2)CC1(C)C.O=C(O)c1ccc(-n2ccc(OCCC3(C(F)(F)F)CC3)n2)nc1Cl. The number of aromatic nitrogens is 10. The number of sulfonamides is 2. The van der Waals surface area contributed by atoms with Crippen molar-refractivity contribution < 1.29 is 86.4 Å². The molecule has 6 N–H and O–H groups in total. The highest BCUT2D eigenvalue weighted by atomic mass is 35.5. The molecule has 4 atom stereocenters. The van der Waals surface area contributed by atoms with E-state index >= 15 is 0 Å². The van der Waals surface area contributed by atoms with Gasteiger partial charge in [0.25, 0.3) is 26.0 Å². The van der Waals surface area contributed by atoms with E-state index in [0.29, 0.717) is 36.9 Å². The number of aromatic carboxylic acids is 1. The lowest BCUT2D eigenvalue weighted by atomic mass is 9.91. The molecular weight excluding hydrogens is 1620 g/mol. The lowest BCUT2D eigenvalue weighted by Gasteiger charge is -2.33. The van der Waals surface area contributed by atoms with Gasteiger partial charge in [0.05, 0.1) is 58.6 Å². The van der Waals surface area contributed by atoms with Crippen molar-refractivity contribution in [1.29, 1.82) is 0 Å². The summed E-state index contributed by atoms with van der Waals surface area (Å²) in [5.74, 6) is -0.526. The van der Waals surface area contributed by atoms with Crippen LogP contribution in [0.5, 0.6) is 11.8 Å². The van der Waals surface area contributed by atoms with Crippen LogP contribution in [-0.4, -0.2) is 166 Å². The number of primary sulfonamides is 1. The average molecular weight is 1710 g/mol. The van der Waals surface area contributed by atoms with Gasteiger partial charge in [0.1, 0.15) is 33.1 Å². The molecule has 0 spiro atoms. The van der Waals surface area contributed by atoms with Crippen molar-refractivity contribution >= 4 is 78.9 Å². The molecule has 10 heterocycles. The molecule has 12 rings (SSSR count). The van der Waals surface area contributed by atoms with Crippen LogP contribution in [-0.2, 0) is 29.5 Å². The summed E-state index contributed by atoms with van der Waals surface area (Å²) in [5.41, 5.74) is -4.02. The highest BCUT2D eigenvalue weighted by Gasteiger charge is 2.63. The van der Waals surface area contributed by atoms with E-state index in [1.165, 1.54) is 76.4 Å². The van der Waals surface area contributed by atoms with Crippen LogP contribution in [0.2, 0.25) is 10.3 Å². The molecule has 2 unspecified atom stereocenters. The highest BCUT2D eigenvalue weighted by Crippen LogP contribution is 2.61. The zero-order chi connectivity index (χ0) is 85.5. The standard InChI is InChI=1S/C39H46ClF3N8O6S.C24H35N5O4S.C15H13ClF3N3O3/c1-36(2,3)57-35(53)50-24-25(23-37(50,4)5)12-14-28(27-9-6-7-20-44-27)45-29-10-8-11-32(46-29)58(54,55)49-34(52)26-13-15-30(47-33(26)40)51-21-16-31(48-51)56-22-19-38(17-18-38)39(41,42)43;1-23(2,3)33-22(30)29-16-17(15-24(29,4)5)12-13-19(18-9-6-7-14-26-18)27-20-10-8-11-21(28-20)34(25,31)32;16-12-9(13(23)24)1-2-10(20-12)22-7-3-11(21-22)25-8-6-14(4-5-14)15(17,18)19/h6-11,13,15-16,20-21,25,28H,12,14,17-19,22-24H2,1-5H3,(H,45,46)(H,49,52);6-11,14,17,19H,12-13,15-16H2,1-5H3,(H,27,28)(H2,25,31,32);1-3,7H,4-6,8H2,(H,23,24)/t25-,28?;17-,19?;/m00./s1. The normalized spacial score (nSPS) is 17.8. The third-order valence-electron chi connectivity index (χ3n) is 20.2. The van der Waals surface area contributed by atoms with Crippen LogP contribution in [0.15, 0.2) is 144 Å². The number of carboxylic acid groups (broad SMARTS) is 1. The van der Waals surface area contributed by atoms with Crippen LogP contribution in [0.25, 0.3) is 11.6 Å². The van der Waals surface area contributed by atoms with E-state index < -0.39 is 76.9 Å². The molecule has 2 saturated carbocycles. The number of ether oxygens (including phenoxy) is 4. The van der Waals surface area contributed by atoms with Crippen molar-refractivity contribution in [2.75, 3.05) is 36.9 Å². The largest absolute Gasteiger partial charge is 0.478 e. The number of rotatable bonds is 27. The fraction of sp³-hybridized carbons (Fsp3) is 0.487. The first-order chi connectivity index (χ1) is 54.6. The Hall–Kier alpha value is -9.98. The van der Waals surface area contributed by atoms with Gasteiger partial charge in [0.2, 0.25) is 11.8 Å². The molecule has 3 amide bonds. The van der Waals surface area contributed by atoms with Crippen molar-refractivity contribution in [2.45, 2.75) is 203 Å². The predicted octanol–water partition coefficient (Wildman–Crippen LogP) is 15.7. The molecule has 4 aliphatic rings. The highest BCUT2D eigenvalue weighted by molar-refractivity contribution is 7.90. The molecule has 0 aromatic carbocycles. The Morgan fingerprint density at radius 1 is 0.564 bits per heavy atom. The molecule has 0 radical (unpaired) electrons. The van der Waals surface area contributed by atoms with E-state index in [-0.39, 0.29) is 143 Å². The van der Waals surface area contributed by atoms with Gasteiger partial charge in [0.15, 0.2) is 21.7 Å². The van der Waals surface area contributed by atoms with Crippen molar-refractivity contribution in [3.63, 3.8) is 0 Å². The van der Waals surface area contributed by atoms with E-state index in [4.69, 9.17) is 52.4 Å². The summed E-state index contributed by atoms with van der Waals surface area (Å²) in [6, 6.07) is 27.9. The second-order valence-electron chi connectivity index (χ2n) is 32.5. The zero-order valence-corrected chi connectivity index (χ0v) is 69.1. The van der Waals surface area contributed by atoms with E-state index in [9.17, 15) is 62.4 Å². The Kier molecular flexibility index (Phi) is 27.3. The van der Waals surface area contributed by atoms with Gasteiger partial charge in [0, 0.05) is 61.1 Å². The first kappa shape index (κ1) is 89.4. The predicted molar refractivity (Wildman–Crippen MR) is 420 cm³/mol. The molecular formula is C78H94Cl2F6N16O13S2. The number of hydrogen-bond acceptors (Lipinski definition) is 22. The van der Waals surface area contributed by atoms with E-state index in [0.717, 1.165) is 37.8 Å². The Bertz CT molecular complexity index is 5070. The fourth-order valence-electron chi connectivity index (χ4n) is 13.7. The van der Waals surface area contributed by atoms with Gasteiger partial charge in [-0.25, -0.2) is 62.0 Å². The summed E-state index contributed by atoms with van der Waals surface area (Å²) in [5, 5.41) is 27.8. The number of halogens is 8. The van der Waals surface area contributed by atoms with Gasteiger partial charge >= 0.3 is 30.5 Å². The minimum absolute atomic E-state index is 0.0730. The Balaban J connectivity index is 0.000000206. The number of nitrogens with two attached hydrogens (primary N) is 1. The number of anilines is 2. The van der Waals surface area contributed by atoms with Crippen molar-refractivity contribution in [2.24, 2.45) is 27.8 Å². The van der Waals surface area contributed by atoms with Crippen LogP contribution >= 0.6 is 23.2 Å². The third kappa shape index (κ3) is 23.9. The zero-order valence-electron chi connectivity index (χ0n) is 66.0. The molecule has 2 aliphatic carbocycles. The second kappa shape index (κ2) is 35.7. The van der Waals surface area contributed by atoms with Crippen LogP contribution in [0.3, 0.4) is 0 Å². The maximum atomic E-state index is 13.4. The molecule has 39 heteroatoms. The molecule has 29 nitrogen and oxygen atoms in total. The summed E-state index contributed by atoms with van der Waals surface area (Å²) in [6.45, 7) is 20.2. The average Bonchev–Trinajstić information content (AvgIpc) is 1.60. The Morgan fingerprint density at radius 2 is 0.974 bits per heavy atom. The molecule has 2 aliphatic heterocycles. The minimum Gasteiger partial charge on any atom is -0.478 e. The lowest BCUT2D eigenvalue weighted by Crippen LogP contribution is -2.45. The summed E-state index contributed by atoms with van der Waals surface area (Å²) in [4.78, 5) is 79.0. The number of carbonyl (C=O) groups excluding carboxylic acids is 3. The van der Waals surface area contributed by atoms with Crippen molar-refractivity contribution in [1.82, 2.24) is 64.0 Å². The van der Waals surface area contributed by atoms with Crippen LogP contribution in [0.4, 0.5) is 47.6 Å². The quantitative estimate of drug-likeness (QED) is 0.0236. The number of alkyl halides is 6. The monoisotopic (exact) mass is 1710 g/mol. The first-order valence-corrected chi connectivity index (χ1v) is 41.4. The number of pyridine rings is 6. The summed E-state index contributed by atoms with van der Waals surface area (Å²) in [7, 11) is -8.41. The maximum absolute atomic E-state index is 13.4. The van der Waals surface area contributed by atoms with Gasteiger partial charge in [-0.1, -0.05) is 47.5 Å². The molecule has 2 saturated heterocycles. The fourth-order valence-corrected chi connectivity index (χ4v) is 15.6. The van der Waals surface area contributed by atoms with Crippen molar-refractivity contribution in [3.05, 3.63) is 167 Å². The molecule has 0 bridgehead atoms. The van der Waals surface area contributed by atoms with E-state index in [1.54, 1.807) is 41.6 Å². The number of nitrogens with zero attached hydrogens (tertiary/aromatic N) is 12. The lowest BCUT2D eigenvalue weighted by molar-refractivity contribution is -0.190. The molecule has 8 aromatic rings. The summed E-state index contributed by atoms with van der Waals surface area (Å²) >= 11 is 12.1. The minimum atomic E-state index is -4.50.